The quantitative estimate of drug-likeness (QED) is 0.667. The normalized spacial score (nSPS) is 18.2. The van der Waals surface area contributed by atoms with Crippen molar-refractivity contribution in [3.8, 4) is 10.6 Å². The SMILES string of the molecule is CC(=O)Nc1nc2c(s1)-c1c(c(C3CC3)nn1C1CCCCC1)CC2.O=C(O)O. The van der Waals surface area contributed by atoms with Gasteiger partial charge in [-0.2, -0.15) is 5.10 Å². The number of fused-ring (bicyclic) bond motifs is 3. The van der Waals surface area contributed by atoms with Crippen LogP contribution in [0.2, 0.25) is 0 Å². The number of aryl methyl sites for hydroxylation is 1. The lowest BCUT2D eigenvalue weighted by atomic mass is 9.93. The highest BCUT2D eigenvalue weighted by Crippen LogP contribution is 2.49. The van der Waals surface area contributed by atoms with Gasteiger partial charge < -0.3 is 15.5 Å². The van der Waals surface area contributed by atoms with Crippen LogP contribution in [0.5, 0.6) is 0 Å². The van der Waals surface area contributed by atoms with E-state index in [0.29, 0.717) is 12.0 Å². The third-order valence-corrected chi connectivity index (χ3v) is 6.75. The molecule has 8 nitrogen and oxygen atoms in total. The maximum Gasteiger partial charge on any atom is 0.503 e. The van der Waals surface area contributed by atoms with Gasteiger partial charge in [-0.15, -0.1) is 0 Å². The number of carbonyl (C=O) groups excluding carboxylic acids is 1. The second-order valence-electron chi connectivity index (χ2n) is 7.98. The van der Waals surface area contributed by atoms with E-state index in [1.54, 1.807) is 18.3 Å². The molecule has 2 aromatic heterocycles. The lowest BCUT2D eigenvalue weighted by Gasteiger charge is -2.25. The van der Waals surface area contributed by atoms with Gasteiger partial charge >= 0.3 is 6.16 Å². The summed E-state index contributed by atoms with van der Waals surface area (Å²) in [6.07, 6.45) is 9.22. The molecule has 0 aromatic carbocycles. The molecule has 9 heteroatoms. The molecule has 3 aliphatic carbocycles. The molecular formula is C20H26N4O4S. The van der Waals surface area contributed by atoms with Crippen LogP contribution in [0.25, 0.3) is 10.6 Å². The van der Waals surface area contributed by atoms with Crippen molar-refractivity contribution < 1.29 is 19.8 Å². The summed E-state index contributed by atoms with van der Waals surface area (Å²) in [4.78, 5) is 25.9. The number of aromatic nitrogens is 3. The van der Waals surface area contributed by atoms with Gasteiger partial charge in [0, 0.05) is 18.4 Å². The van der Waals surface area contributed by atoms with E-state index in [-0.39, 0.29) is 5.91 Å². The number of hydrogen-bond acceptors (Lipinski definition) is 5. The van der Waals surface area contributed by atoms with Crippen molar-refractivity contribution in [3.63, 3.8) is 0 Å². The fourth-order valence-corrected chi connectivity index (χ4v) is 5.52. The molecule has 29 heavy (non-hydrogen) atoms. The smallest absolute Gasteiger partial charge is 0.450 e. The van der Waals surface area contributed by atoms with Crippen molar-refractivity contribution in [2.45, 2.75) is 76.7 Å². The standard InChI is InChI=1S/C19H24N4OS.CH2O3/c1-11(24)20-19-21-15-10-9-14-16(12-7-8-12)22-23(17(14)18(15)25-19)13-5-3-2-4-6-13;2-1(3)4/h12-13H,2-10H2,1H3,(H,20,21,24);(H2,2,3,4). The second-order valence-corrected chi connectivity index (χ2v) is 8.98. The first kappa shape index (κ1) is 19.9. The van der Waals surface area contributed by atoms with Crippen molar-refractivity contribution in [1.29, 1.82) is 0 Å². The van der Waals surface area contributed by atoms with Crippen molar-refractivity contribution in [3.05, 3.63) is 17.0 Å². The molecule has 3 aliphatic rings. The highest BCUT2D eigenvalue weighted by atomic mass is 32.1. The van der Waals surface area contributed by atoms with Crippen LogP contribution < -0.4 is 5.32 Å². The number of nitrogens with zero attached hydrogens (tertiary/aromatic N) is 3. The average molecular weight is 419 g/mol. The molecule has 0 unspecified atom stereocenters. The molecule has 1 amide bonds. The highest BCUT2D eigenvalue weighted by molar-refractivity contribution is 7.19. The molecule has 0 bridgehead atoms. The Bertz CT molecular complexity index is 921. The molecule has 5 rings (SSSR count). The lowest BCUT2D eigenvalue weighted by Crippen LogP contribution is -2.16. The van der Waals surface area contributed by atoms with Crippen LogP contribution in [-0.4, -0.2) is 37.0 Å². The zero-order valence-corrected chi connectivity index (χ0v) is 17.3. The predicted molar refractivity (Wildman–Crippen MR) is 110 cm³/mol. The summed E-state index contributed by atoms with van der Waals surface area (Å²) in [7, 11) is 0. The van der Waals surface area contributed by atoms with Gasteiger partial charge in [0.2, 0.25) is 5.91 Å². The van der Waals surface area contributed by atoms with Crippen LogP contribution in [0, 0.1) is 0 Å². The van der Waals surface area contributed by atoms with Gasteiger partial charge in [-0.25, -0.2) is 9.78 Å². The van der Waals surface area contributed by atoms with Crippen LogP contribution in [0.15, 0.2) is 0 Å². The molecule has 2 fully saturated rings. The fourth-order valence-electron chi connectivity index (χ4n) is 4.40. The Morgan fingerprint density at radius 2 is 1.79 bits per heavy atom. The van der Waals surface area contributed by atoms with Gasteiger partial charge in [0.05, 0.1) is 28.0 Å². The largest absolute Gasteiger partial charge is 0.503 e. The minimum Gasteiger partial charge on any atom is -0.450 e. The molecule has 0 atom stereocenters. The third kappa shape index (κ3) is 4.29. The minimum atomic E-state index is -1.83. The molecule has 2 heterocycles. The monoisotopic (exact) mass is 418 g/mol. The van der Waals surface area contributed by atoms with Gasteiger partial charge in [0.15, 0.2) is 5.13 Å². The van der Waals surface area contributed by atoms with Crippen molar-refractivity contribution >= 4 is 28.5 Å². The van der Waals surface area contributed by atoms with E-state index >= 15 is 0 Å². The predicted octanol–water partition coefficient (Wildman–Crippen LogP) is 4.67. The number of rotatable bonds is 3. The van der Waals surface area contributed by atoms with E-state index in [1.165, 1.54) is 66.8 Å². The van der Waals surface area contributed by atoms with Crippen LogP contribution in [0.1, 0.15) is 80.8 Å². The molecular weight excluding hydrogens is 392 g/mol. The van der Waals surface area contributed by atoms with Crippen molar-refractivity contribution in [2.24, 2.45) is 0 Å². The number of carboxylic acid groups (broad SMARTS) is 2. The van der Waals surface area contributed by atoms with Gasteiger partial charge in [-0.3, -0.25) is 9.48 Å². The maximum atomic E-state index is 11.4. The Labute approximate surface area is 173 Å². The number of carbonyl (C=O) groups is 2. The molecule has 0 radical (unpaired) electrons. The summed E-state index contributed by atoms with van der Waals surface area (Å²) in [5.41, 5.74) is 5.30. The van der Waals surface area contributed by atoms with E-state index < -0.39 is 6.16 Å². The average Bonchev–Trinajstić information content (AvgIpc) is 3.31. The van der Waals surface area contributed by atoms with Crippen LogP contribution >= 0.6 is 11.3 Å². The molecule has 3 N–H and O–H groups in total. The van der Waals surface area contributed by atoms with Gasteiger partial charge in [-0.1, -0.05) is 30.6 Å². The number of hydrogen-bond donors (Lipinski definition) is 3. The Morgan fingerprint density at radius 1 is 1.10 bits per heavy atom. The first-order chi connectivity index (χ1) is 13.9. The molecule has 0 saturated heterocycles. The fraction of sp³-hybridized carbons (Fsp3) is 0.600. The summed E-state index contributed by atoms with van der Waals surface area (Å²) in [6.45, 7) is 1.54. The van der Waals surface area contributed by atoms with E-state index in [4.69, 9.17) is 25.1 Å². The van der Waals surface area contributed by atoms with Gasteiger partial charge in [0.1, 0.15) is 0 Å². The Hall–Kier alpha value is -2.42. The van der Waals surface area contributed by atoms with Crippen LogP contribution in [-0.2, 0) is 17.6 Å². The van der Waals surface area contributed by atoms with E-state index in [2.05, 4.69) is 10.00 Å². The summed E-state index contributed by atoms with van der Waals surface area (Å²) >= 11 is 1.63. The Balaban J connectivity index is 0.000000472. The molecule has 156 valence electrons. The first-order valence-corrected chi connectivity index (χ1v) is 11.1. The summed E-state index contributed by atoms with van der Waals surface area (Å²) < 4.78 is 2.36. The number of anilines is 1. The number of amides is 1. The first-order valence-electron chi connectivity index (χ1n) is 10.2. The highest BCUT2D eigenvalue weighted by Gasteiger charge is 2.36. The number of thiazole rings is 1. The molecule has 2 aromatic rings. The van der Waals surface area contributed by atoms with Gasteiger partial charge in [0.25, 0.3) is 0 Å². The number of nitrogens with one attached hydrogen (secondary N) is 1. The van der Waals surface area contributed by atoms with Crippen LogP contribution in [0.3, 0.4) is 0 Å². The summed E-state index contributed by atoms with van der Waals surface area (Å²) in [6, 6.07) is 0.535. The third-order valence-electron chi connectivity index (χ3n) is 5.73. The lowest BCUT2D eigenvalue weighted by molar-refractivity contribution is -0.114. The molecule has 0 spiro atoms. The Kier molecular flexibility index (Phi) is 5.58. The van der Waals surface area contributed by atoms with Crippen LogP contribution in [0.4, 0.5) is 9.93 Å². The minimum absolute atomic E-state index is 0.0502. The van der Waals surface area contributed by atoms with Crippen molar-refractivity contribution in [2.75, 3.05) is 5.32 Å². The van der Waals surface area contributed by atoms with Gasteiger partial charge in [-0.05, 0) is 38.5 Å². The molecule has 0 aliphatic heterocycles. The second kappa shape index (κ2) is 8.14. The molecule has 2 saturated carbocycles. The van der Waals surface area contributed by atoms with E-state index in [1.807, 2.05) is 0 Å². The van der Waals surface area contributed by atoms with Crippen molar-refractivity contribution in [1.82, 2.24) is 14.8 Å². The van der Waals surface area contributed by atoms with E-state index in [9.17, 15) is 4.79 Å². The topological polar surface area (TPSA) is 117 Å². The van der Waals surface area contributed by atoms with E-state index in [0.717, 1.165) is 23.7 Å². The summed E-state index contributed by atoms with van der Waals surface area (Å²) in [5, 5.41) is 22.7. The zero-order valence-electron chi connectivity index (χ0n) is 16.5. The maximum absolute atomic E-state index is 11.4. The summed E-state index contributed by atoms with van der Waals surface area (Å²) in [5.74, 6) is 0.633. The Morgan fingerprint density at radius 3 is 2.41 bits per heavy atom. The zero-order chi connectivity index (χ0) is 20.5.